The smallest absolute Gasteiger partial charge is 0.219 e. The number of hydrogen-bond donors (Lipinski definition) is 3. The largest absolute Gasteiger partial charge is 0.388 e. The number of hydrogen-bond acceptors (Lipinski definition) is 5. The van der Waals surface area contributed by atoms with E-state index in [9.17, 15) is 13.2 Å². The summed E-state index contributed by atoms with van der Waals surface area (Å²) in [5.41, 5.74) is 5.38. The predicted molar refractivity (Wildman–Crippen MR) is 112 cm³/mol. The fourth-order valence-electron chi connectivity index (χ4n) is 2.30. The summed E-state index contributed by atoms with van der Waals surface area (Å²) in [6.45, 7) is 2.80. The highest BCUT2D eigenvalue weighted by molar-refractivity contribution is 7.91. The van der Waals surface area contributed by atoms with Gasteiger partial charge in [0, 0.05) is 25.8 Å². The van der Waals surface area contributed by atoms with E-state index in [-0.39, 0.29) is 22.4 Å². The van der Waals surface area contributed by atoms with Gasteiger partial charge in [0.1, 0.15) is 9.98 Å². The molecular weight excluding hydrogens is 378 g/mol. The normalized spacial score (nSPS) is 12.4. The summed E-state index contributed by atoms with van der Waals surface area (Å²) in [5.74, 6) is 0.0280. The van der Waals surface area contributed by atoms with Crippen molar-refractivity contribution in [2.45, 2.75) is 63.5 Å². The minimum Gasteiger partial charge on any atom is -0.388 e. The molecule has 1 unspecified atom stereocenters. The number of nitrogens with two attached hydrogens (primary N) is 1. The van der Waals surface area contributed by atoms with E-state index in [1.807, 2.05) is 0 Å². The standard InChI is InChI=1S/C16H31N3O3S3/c1-3-4-5-6-7-10-14(20)18-11-8-9-13(25(2,21)22)12-19-16(24)15(17)23/h13H,3-12H2,1-2H3,(H2,17,23)(H,18,20)(H,19,24). The fraction of sp³-hybridized carbons (Fsp3) is 0.812. The van der Waals surface area contributed by atoms with E-state index >= 15 is 0 Å². The highest BCUT2D eigenvalue weighted by atomic mass is 32.2. The van der Waals surface area contributed by atoms with E-state index in [1.54, 1.807) is 0 Å². The molecule has 0 aromatic heterocycles. The highest BCUT2D eigenvalue weighted by Gasteiger charge is 2.20. The van der Waals surface area contributed by atoms with Crippen molar-refractivity contribution in [3.63, 3.8) is 0 Å². The molecule has 0 aliphatic heterocycles. The molecule has 0 bridgehead atoms. The molecule has 0 saturated heterocycles. The van der Waals surface area contributed by atoms with Crippen LogP contribution in [0, 0.1) is 0 Å². The van der Waals surface area contributed by atoms with Crippen LogP contribution in [0.5, 0.6) is 0 Å². The Bertz CT molecular complexity index is 536. The van der Waals surface area contributed by atoms with E-state index in [0.717, 1.165) is 12.8 Å². The van der Waals surface area contributed by atoms with Gasteiger partial charge in [0.15, 0.2) is 9.84 Å². The van der Waals surface area contributed by atoms with Crippen LogP contribution in [0.15, 0.2) is 0 Å². The van der Waals surface area contributed by atoms with Gasteiger partial charge in [-0.3, -0.25) is 4.79 Å². The fourth-order valence-corrected chi connectivity index (χ4v) is 3.43. The summed E-state index contributed by atoms with van der Waals surface area (Å²) in [7, 11) is -3.23. The molecule has 146 valence electrons. The third kappa shape index (κ3) is 13.1. The van der Waals surface area contributed by atoms with Crippen molar-refractivity contribution >= 4 is 50.2 Å². The molecule has 0 aromatic rings. The quantitative estimate of drug-likeness (QED) is 0.315. The minimum absolute atomic E-state index is 0.0280. The Morgan fingerprint density at radius 3 is 2.28 bits per heavy atom. The number of nitrogens with one attached hydrogen (secondary N) is 2. The van der Waals surface area contributed by atoms with E-state index < -0.39 is 15.1 Å². The van der Waals surface area contributed by atoms with Gasteiger partial charge in [0.25, 0.3) is 0 Å². The van der Waals surface area contributed by atoms with Crippen molar-refractivity contribution in [2.24, 2.45) is 5.73 Å². The van der Waals surface area contributed by atoms with Crippen LogP contribution in [0.2, 0.25) is 0 Å². The second kappa shape index (κ2) is 13.4. The number of rotatable bonds is 13. The molecule has 6 nitrogen and oxygen atoms in total. The van der Waals surface area contributed by atoms with E-state index in [0.29, 0.717) is 25.8 Å². The van der Waals surface area contributed by atoms with Gasteiger partial charge < -0.3 is 16.4 Å². The topological polar surface area (TPSA) is 101 Å². The van der Waals surface area contributed by atoms with Crippen molar-refractivity contribution in [3.05, 3.63) is 0 Å². The molecule has 0 fully saturated rings. The first-order valence-corrected chi connectivity index (χ1v) is 11.5. The van der Waals surface area contributed by atoms with Crippen LogP contribution in [0.4, 0.5) is 0 Å². The Morgan fingerprint density at radius 2 is 1.72 bits per heavy atom. The zero-order valence-electron chi connectivity index (χ0n) is 15.2. The van der Waals surface area contributed by atoms with E-state index in [1.165, 1.54) is 25.5 Å². The molecule has 0 aromatic carbocycles. The molecule has 1 amide bonds. The van der Waals surface area contributed by atoms with Crippen LogP contribution in [-0.2, 0) is 14.6 Å². The van der Waals surface area contributed by atoms with Crippen LogP contribution in [0.1, 0.15) is 58.3 Å². The Balaban J connectivity index is 4.04. The number of carbonyl (C=O) groups is 1. The zero-order chi connectivity index (χ0) is 19.3. The first kappa shape index (κ1) is 24.2. The predicted octanol–water partition coefficient (Wildman–Crippen LogP) is 1.86. The summed E-state index contributed by atoms with van der Waals surface area (Å²) >= 11 is 9.66. The van der Waals surface area contributed by atoms with Gasteiger partial charge in [-0.2, -0.15) is 0 Å². The second-order valence-corrected chi connectivity index (χ2v) is 9.36. The van der Waals surface area contributed by atoms with Gasteiger partial charge >= 0.3 is 0 Å². The lowest BCUT2D eigenvalue weighted by Gasteiger charge is -2.17. The molecule has 0 saturated carbocycles. The van der Waals surface area contributed by atoms with Crippen LogP contribution in [-0.4, -0.2) is 48.9 Å². The second-order valence-electron chi connectivity index (χ2n) is 6.18. The van der Waals surface area contributed by atoms with Crippen molar-refractivity contribution in [1.82, 2.24) is 10.6 Å². The number of unbranched alkanes of at least 4 members (excludes halogenated alkanes) is 4. The highest BCUT2D eigenvalue weighted by Crippen LogP contribution is 2.07. The summed E-state index contributed by atoms with van der Waals surface area (Å²) in [6, 6.07) is 0. The summed E-state index contributed by atoms with van der Waals surface area (Å²) in [6.07, 6.45) is 8.28. The molecule has 9 heteroatoms. The first-order chi connectivity index (χ1) is 11.7. The molecule has 0 heterocycles. The van der Waals surface area contributed by atoms with Crippen molar-refractivity contribution in [1.29, 1.82) is 0 Å². The van der Waals surface area contributed by atoms with Gasteiger partial charge in [-0.05, 0) is 19.3 Å². The molecule has 4 N–H and O–H groups in total. The molecular formula is C16H31N3O3S3. The zero-order valence-corrected chi connectivity index (χ0v) is 17.6. The molecule has 25 heavy (non-hydrogen) atoms. The number of thiocarbonyl (C=S) groups is 2. The Morgan fingerprint density at radius 1 is 1.08 bits per heavy atom. The minimum atomic E-state index is -3.23. The SMILES string of the molecule is CCCCCCCC(=O)NCCCC(CNC(=S)C(N)=S)S(C)(=O)=O. The Kier molecular flexibility index (Phi) is 13.0. The number of amides is 1. The van der Waals surface area contributed by atoms with Gasteiger partial charge in [-0.1, -0.05) is 57.0 Å². The monoisotopic (exact) mass is 409 g/mol. The number of sulfone groups is 1. The van der Waals surface area contributed by atoms with Crippen molar-refractivity contribution < 1.29 is 13.2 Å². The van der Waals surface area contributed by atoms with E-state index in [4.69, 9.17) is 30.2 Å². The van der Waals surface area contributed by atoms with Gasteiger partial charge in [0.05, 0.1) is 5.25 Å². The van der Waals surface area contributed by atoms with E-state index in [2.05, 4.69) is 17.6 Å². The number of carbonyl (C=O) groups excluding carboxylic acids is 1. The average Bonchev–Trinajstić information content (AvgIpc) is 2.52. The summed E-state index contributed by atoms with van der Waals surface area (Å²) < 4.78 is 23.7. The van der Waals surface area contributed by atoms with Crippen LogP contribution >= 0.6 is 24.4 Å². The maximum absolute atomic E-state index is 11.8. The first-order valence-electron chi connectivity index (χ1n) is 8.71. The summed E-state index contributed by atoms with van der Waals surface area (Å²) in [4.78, 5) is 12.0. The molecule has 0 spiro atoms. The lowest BCUT2D eigenvalue weighted by atomic mass is 10.1. The molecule has 0 radical (unpaired) electrons. The average molecular weight is 410 g/mol. The van der Waals surface area contributed by atoms with Gasteiger partial charge in [-0.15, -0.1) is 0 Å². The Hall–Kier alpha value is -0.800. The third-order valence-corrected chi connectivity index (χ3v) is 6.16. The molecule has 0 aliphatic carbocycles. The Labute approximate surface area is 162 Å². The lowest BCUT2D eigenvalue weighted by molar-refractivity contribution is -0.121. The van der Waals surface area contributed by atoms with Crippen LogP contribution < -0.4 is 16.4 Å². The van der Waals surface area contributed by atoms with Gasteiger partial charge in [-0.25, -0.2) is 8.42 Å². The molecule has 1 atom stereocenters. The van der Waals surface area contributed by atoms with Gasteiger partial charge in [0.2, 0.25) is 5.91 Å². The maximum Gasteiger partial charge on any atom is 0.219 e. The summed E-state index contributed by atoms with van der Waals surface area (Å²) in [5, 5.41) is 5.03. The lowest BCUT2D eigenvalue weighted by Crippen LogP contribution is -2.40. The molecule has 0 aliphatic rings. The van der Waals surface area contributed by atoms with Crippen LogP contribution in [0.3, 0.4) is 0 Å². The van der Waals surface area contributed by atoms with Crippen molar-refractivity contribution in [3.8, 4) is 0 Å². The third-order valence-electron chi connectivity index (χ3n) is 3.85. The van der Waals surface area contributed by atoms with Crippen molar-refractivity contribution in [2.75, 3.05) is 19.3 Å². The maximum atomic E-state index is 11.8. The van der Waals surface area contributed by atoms with Crippen LogP contribution in [0.25, 0.3) is 0 Å². The molecule has 0 rings (SSSR count).